The lowest BCUT2D eigenvalue weighted by molar-refractivity contribution is 0.411. The molecule has 1 aliphatic rings. The molecule has 3 nitrogen and oxygen atoms in total. The molecule has 0 unspecified atom stereocenters. The molecule has 0 amide bonds. The highest BCUT2D eigenvalue weighted by atomic mass is 16.5. The lowest BCUT2D eigenvalue weighted by Gasteiger charge is -2.07. The Morgan fingerprint density at radius 1 is 1.43 bits per heavy atom. The summed E-state index contributed by atoms with van der Waals surface area (Å²) in [5.74, 6) is 1.92. The van der Waals surface area contributed by atoms with Gasteiger partial charge in [0.25, 0.3) is 0 Å². The number of amidine groups is 1. The summed E-state index contributed by atoms with van der Waals surface area (Å²) < 4.78 is 5.20. The first-order valence-corrected chi connectivity index (χ1v) is 4.74. The largest absolute Gasteiger partial charge is 0.496 e. The quantitative estimate of drug-likeness (QED) is 0.763. The van der Waals surface area contributed by atoms with Gasteiger partial charge in [0, 0.05) is 12.1 Å². The Bertz CT molecular complexity index is 372. The van der Waals surface area contributed by atoms with Gasteiger partial charge in [0.15, 0.2) is 0 Å². The maximum Gasteiger partial charge on any atom is 0.128 e. The van der Waals surface area contributed by atoms with Gasteiger partial charge in [-0.25, -0.2) is 0 Å². The van der Waals surface area contributed by atoms with Crippen LogP contribution in [0.2, 0.25) is 0 Å². The molecule has 1 heterocycles. The zero-order chi connectivity index (χ0) is 9.97. The predicted octanol–water partition coefficient (Wildman–Crippen LogP) is 1.35. The highest BCUT2D eigenvalue weighted by Crippen LogP contribution is 2.18. The molecule has 0 radical (unpaired) electrons. The lowest BCUT2D eigenvalue weighted by Crippen LogP contribution is -2.19. The number of ether oxygens (including phenoxy) is 1. The van der Waals surface area contributed by atoms with Crippen molar-refractivity contribution in [2.75, 3.05) is 20.2 Å². The van der Waals surface area contributed by atoms with E-state index in [-0.39, 0.29) is 0 Å². The van der Waals surface area contributed by atoms with Crippen molar-refractivity contribution in [3.8, 4) is 5.75 Å². The van der Waals surface area contributed by atoms with Crippen molar-refractivity contribution in [2.45, 2.75) is 6.92 Å². The zero-order valence-electron chi connectivity index (χ0n) is 8.50. The summed E-state index contributed by atoms with van der Waals surface area (Å²) in [7, 11) is 1.69. The molecule has 0 fully saturated rings. The molecule has 0 aliphatic carbocycles. The van der Waals surface area contributed by atoms with Crippen LogP contribution in [0.3, 0.4) is 0 Å². The smallest absolute Gasteiger partial charge is 0.128 e. The molecule has 74 valence electrons. The summed E-state index contributed by atoms with van der Waals surface area (Å²) >= 11 is 0. The number of hydrogen-bond donors (Lipinski definition) is 1. The van der Waals surface area contributed by atoms with E-state index >= 15 is 0 Å². The van der Waals surface area contributed by atoms with Crippen LogP contribution in [0.5, 0.6) is 5.75 Å². The van der Waals surface area contributed by atoms with E-state index in [9.17, 15) is 0 Å². The minimum atomic E-state index is 0.875. The molecule has 14 heavy (non-hydrogen) atoms. The normalized spacial score (nSPS) is 14.9. The van der Waals surface area contributed by atoms with Gasteiger partial charge in [-0.1, -0.05) is 0 Å². The fourth-order valence-corrected chi connectivity index (χ4v) is 1.62. The summed E-state index contributed by atoms with van der Waals surface area (Å²) in [6.45, 7) is 3.86. The van der Waals surface area contributed by atoms with Crippen LogP contribution in [0.25, 0.3) is 0 Å². The molecule has 2 rings (SSSR count). The highest BCUT2D eigenvalue weighted by Gasteiger charge is 2.08. The van der Waals surface area contributed by atoms with Crippen LogP contribution in [-0.4, -0.2) is 26.0 Å². The third-order valence-electron chi connectivity index (χ3n) is 2.34. The number of aryl methyl sites for hydroxylation is 1. The Balaban J connectivity index is 2.32. The summed E-state index contributed by atoms with van der Waals surface area (Å²) in [5.41, 5.74) is 2.28. The minimum Gasteiger partial charge on any atom is -0.496 e. The van der Waals surface area contributed by atoms with Crippen molar-refractivity contribution in [3.63, 3.8) is 0 Å². The van der Waals surface area contributed by atoms with Crippen LogP contribution < -0.4 is 10.1 Å². The topological polar surface area (TPSA) is 33.6 Å². The molecule has 1 N–H and O–H groups in total. The molecular weight excluding hydrogens is 176 g/mol. The zero-order valence-corrected chi connectivity index (χ0v) is 8.50. The van der Waals surface area contributed by atoms with Crippen LogP contribution in [0.4, 0.5) is 0 Å². The number of methoxy groups -OCH3 is 1. The monoisotopic (exact) mass is 190 g/mol. The van der Waals surface area contributed by atoms with Crippen LogP contribution in [0.1, 0.15) is 11.1 Å². The van der Waals surface area contributed by atoms with Gasteiger partial charge >= 0.3 is 0 Å². The number of rotatable bonds is 2. The van der Waals surface area contributed by atoms with Crippen LogP contribution >= 0.6 is 0 Å². The average Bonchev–Trinajstić information content (AvgIpc) is 2.70. The molecule has 0 aromatic heterocycles. The second kappa shape index (κ2) is 3.70. The molecular formula is C11H14N2O. The fourth-order valence-electron chi connectivity index (χ4n) is 1.62. The van der Waals surface area contributed by atoms with Crippen LogP contribution in [-0.2, 0) is 0 Å². The molecule has 0 spiro atoms. The molecule has 1 aliphatic heterocycles. The Hall–Kier alpha value is -1.51. The predicted molar refractivity (Wildman–Crippen MR) is 57.1 cm³/mol. The Labute approximate surface area is 83.8 Å². The van der Waals surface area contributed by atoms with Gasteiger partial charge in [0.2, 0.25) is 0 Å². The maximum atomic E-state index is 5.20. The van der Waals surface area contributed by atoms with E-state index in [2.05, 4.69) is 16.4 Å². The van der Waals surface area contributed by atoms with Gasteiger partial charge < -0.3 is 10.1 Å². The third-order valence-corrected chi connectivity index (χ3v) is 2.34. The van der Waals surface area contributed by atoms with Crippen LogP contribution in [0, 0.1) is 6.92 Å². The van der Waals surface area contributed by atoms with E-state index in [1.165, 1.54) is 0 Å². The summed E-state index contributed by atoms with van der Waals surface area (Å²) in [6, 6.07) is 6.10. The second-order valence-corrected chi connectivity index (χ2v) is 3.34. The number of nitrogens with one attached hydrogen (secondary N) is 1. The third kappa shape index (κ3) is 1.58. The average molecular weight is 190 g/mol. The van der Waals surface area contributed by atoms with Gasteiger partial charge in [-0.2, -0.15) is 0 Å². The van der Waals surface area contributed by atoms with E-state index in [1.807, 2.05) is 19.1 Å². The Morgan fingerprint density at radius 3 is 2.86 bits per heavy atom. The number of aliphatic imine (C=N–C) groups is 1. The Kier molecular flexibility index (Phi) is 2.39. The van der Waals surface area contributed by atoms with E-state index in [0.717, 1.165) is 35.8 Å². The van der Waals surface area contributed by atoms with Gasteiger partial charge in [-0.3, -0.25) is 4.99 Å². The first kappa shape index (κ1) is 9.06. The van der Waals surface area contributed by atoms with E-state index in [1.54, 1.807) is 7.11 Å². The van der Waals surface area contributed by atoms with E-state index in [4.69, 9.17) is 4.74 Å². The lowest BCUT2D eigenvalue weighted by atomic mass is 10.1. The molecule has 0 saturated heterocycles. The van der Waals surface area contributed by atoms with E-state index in [0.29, 0.717) is 0 Å². The second-order valence-electron chi connectivity index (χ2n) is 3.34. The van der Waals surface area contributed by atoms with Crippen molar-refractivity contribution < 1.29 is 4.74 Å². The first-order valence-electron chi connectivity index (χ1n) is 4.74. The summed E-state index contributed by atoms with van der Waals surface area (Å²) in [4.78, 5) is 4.37. The summed E-state index contributed by atoms with van der Waals surface area (Å²) in [5, 5.41) is 3.25. The van der Waals surface area contributed by atoms with Gasteiger partial charge in [-0.15, -0.1) is 0 Å². The van der Waals surface area contributed by atoms with Gasteiger partial charge in [0.05, 0.1) is 13.7 Å². The molecule has 0 atom stereocenters. The highest BCUT2D eigenvalue weighted by molar-refractivity contribution is 6.00. The molecule has 1 aromatic rings. The number of nitrogens with zero attached hydrogens (tertiary/aromatic N) is 1. The van der Waals surface area contributed by atoms with Crippen molar-refractivity contribution >= 4 is 5.84 Å². The molecule has 0 bridgehead atoms. The summed E-state index contributed by atoms with van der Waals surface area (Å²) in [6.07, 6.45) is 0. The molecule has 0 saturated carbocycles. The maximum absolute atomic E-state index is 5.20. The SMILES string of the molecule is COc1ccc(C2=NCCN2)cc1C. The number of benzene rings is 1. The van der Waals surface area contributed by atoms with Crippen molar-refractivity contribution in [1.29, 1.82) is 0 Å². The number of hydrogen-bond acceptors (Lipinski definition) is 3. The van der Waals surface area contributed by atoms with Crippen LogP contribution in [0.15, 0.2) is 23.2 Å². The minimum absolute atomic E-state index is 0.875. The first-order chi connectivity index (χ1) is 6.81. The molecule has 1 aromatic carbocycles. The van der Waals surface area contributed by atoms with Crippen molar-refractivity contribution in [3.05, 3.63) is 29.3 Å². The van der Waals surface area contributed by atoms with Crippen molar-refractivity contribution in [2.24, 2.45) is 4.99 Å². The molecule has 3 heteroatoms. The Morgan fingerprint density at radius 2 is 2.29 bits per heavy atom. The van der Waals surface area contributed by atoms with Crippen molar-refractivity contribution in [1.82, 2.24) is 5.32 Å². The standard InChI is InChI=1S/C11H14N2O/c1-8-7-9(3-4-10(8)14-2)11-12-5-6-13-11/h3-4,7H,5-6H2,1-2H3,(H,12,13). The van der Waals surface area contributed by atoms with Gasteiger partial charge in [-0.05, 0) is 30.7 Å². The fraction of sp³-hybridized carbons (Fsp3) is 0.364. The van der Waals surface area contributed by atoms with E-state index < -0.39 is 0 Å². The van der Waals surface area contributed by atoms with Gasteiger partial charge in [0.1, 0.15) is 11.6 Å².